The number of hydrogen-bond acceptors (Lipinski definition) is 2. The number of amides is 1. The third-order valence-corrected chi connectivity index (χ3v) is 3.52. The van der Waals surface area contributed by atoms with E-state index in [4.69, 9.17) is 4.74 Å². The summed E-state index contributed by atoms with van der Waals surface area (Å²) in [5.74, 6) is 0.919. The minimum Gasteiger partial charge on any atom is -0.496 e. The van der Waals surface area contributed by atoms with Gasteiger partial charge in [-0.05, 0) is 37.1 Å². The largest absolute Gasteiger partial charge is 0.496 e. The molecule has 0 saturated heterocycles. The van der Waals surface area contributed by atoms with Crippen molar-refractivity contribution < 1.29 is 9.53 Å². The molecule has 3 nitrogen and oxygen atoms in total. The molecule has 21 heavy (non-hydrogen) atoms. The van der Waals surface area contributed by atoms with E-state index in [0.29, 0.717) is 6.54 Å². The van der Waals surface area contributed by atoms with Gasteiger partial charge in [0.15, 0.2) is 0 Å². The molecule has 2 aromatic rings. The molecule has 0 atom stereocenters. The Morgan fingerprint density at radius 1 is 1.14 bits per heavy atom. The molecule has 0 fully saturated rings. The van der Waals surface area contributed by atoms with Crippen molar-refractivity contribution in [2.75, 3.05) is 20.7 Å². The molecule has 0 radical (unpaired) electrons. The Balaban J connectivity index is 2.01. The molecule has 0 aliphatic rings. The van der Waals surface area contributed by atoms with E-state index in [-0.39, 0.29) is 5.91 Å². The van der Waals surface area contributed by atoms with Crippen molar-refractivity contribution in [2.45, 2.75) is 13.3 Å². The molecule has 0 heterocycles. The van der Waals surface area contributed by atoms with Gasteiger partial charge in [-0.3, -0.25) is 4.79 Å². The Bertz CT molecular complexity index is 622. The van der Waals surface area contributed by atoms with Gasteiger partial charge in [0, 0.05) is 19.2 Å². The molecule has 0 bridgehead atoms. The lowest BCUT2D eigenvalue weighted by molar-refractivity contribution is 0.0796. The summed E-state index contributed by atoms with van der Waals surface area (Å²) >= 11 is 0. The average Bonchev–Trinajstić information content (AvgIpc) is 2.52. The third kappa shape index (κ3) is 3.85. The number of nitrogens with zero attached hydrogens (tertiary/aromatic N) is 1. The van der Waals surface area contributed by atoms with Crippen LogP contribution in [0.1, 0.15) is 21.5 Å². The average molecular weight is 283 g/mol. The highest BCUT2D eigenvalue weighted by Crippen LogP contribution is 2.18. The van der Waals surface area contributed by atoms with E-state index in [1.165, 1.54) is 0 Å². The molecule has 1 amide bonds. The van der Waals surface area contributed by atoms with Gasteiger partial charge < -0.3 is 9.64 Å². The van der Waals surface area contributed by atoms with Crippen LogP contribution in [0.4, 0.5) is 0 Å². The van der Waals surface area contributed by atoms with Crippen LogP contribution in [-0.2, 0) is 6.42 Å². The molecule has 3 heteroatoms. The normalized spacial score (nSPS) is 10.2. The molecule has 2 rings (SSSR count). The van der Waals surface area contributed by atoms with Gasteiger partial charge in [-0.2, -0.15) is 0 Å². The summed E-state index contributed by atoms with van der Waals surface area (Å²) in [5.41, 5.74) is 2.94. The van der Waals surface area contributed by atoms with Crippen LogP contribution < -0.4 is 4.74 Å². The fourth-order valence-corrected chi connectivity index (χ4v) is 2.30. The van der Waals surface area contributed by atoms with Crippen LogP contribution in [0.15, 0.2) is 48.5 Å². The van der Waals surface area contributed by atoms with Crippen molar-refractivity contribution >= 4 is 5.91 Å². The number of rotatable bonds is 5. The van der Waals surface area contributed by atoms with Gasteiger partial charge in [0.25, 0.3) is 5.91 Å². The minimum atomic E-state index is 0.0496. The zero-order valence-corrected chi connectivity index (χ0v) is 12.8. The zero-order valence-electron chi connectivity index (χ0n) is 12.8. The first-order valence-electron chi connectivity index (χ1n) is 7.06. The Kier molecular flexibility index (Phi) is 4.99. The maximum absolute atomic E-state index is 12.4. The smallest absolute Gasteiger partial charge is 0.253 e. The van der Waals surface area contributed by atoms with E-state index in [1.54, 1.807) is 12.0 Å². The Labute approximate surface area is 126 Å². The SMILES string of the molecule is COc1ccccc1CCN(C)C(=O)c1cccc(C)c1. The van der Waals surface area contributed by atoms with Gasteiger partial charge in [-0.1, -0.05) is 35.9 Å². The molecule has 0 aliphatic carbocycles. The number of ether oxygens (including phenoxy) is 1. The monoisotopic (exact) mass is 283 g/mol. The van der Waals surface area contributed by atoms with Crippen molar-refractivity contribution in [3.05, 3.63) is 65.2 Å². The number of carbonyl (C=O) groups excluding carboxylic acids is 1. The molecule has 0 N–H and O–H groups in total. The van der Waals surface area contributed by atoms with Gasteiger partial charge >= 0.3 is 0 Å². The summed E-state index contributed by atoms with van der Waals surface area (Å²) < 4.78 is 5.34. The summed E-state index contributed by atoms with van der Waals surface area (Å²) in [6, 6.07) is 15.6. The molecule has 0 aliphatic heterocycles. The number of benzene rings is 2. The second kappa shape index (κ2) is 6.93. The predicted octanol–water partition coefficient (Wildman–Crippen LogP) is 3.32. The van der Waals surface area contributed by atoms with E-state index < -0.39 is 0 Å². The molecule has 0 spiro atoms. The van der Waals surface area contributed by atoms with Crippen LogP contribution in [0.3, 0.4) is 0 Å². The molecular weight excluding hydrogens is 262 g/mol. The summed E-state index contributed by atoms with van der Waals surface area (Å²) in [6.45, 7) is 2.65. The van der Waals surface area contributed by atoms with E-state index in [1.807, 2.05) is 62.5 Å². The lowest BCUT2D eigenvalue weighted by Crippen LogP contribution is -2.28. The maximum atomic E-state index is 12.4. The third-order valence-electron chi connectivity index (χ3n) is 3.52. The van der Waals surface area contributed by atoms with Crippen LogP contribution in [0.25, 0.3) is 0 Å². The summed E-state index contributed by atoms with van der Waals surface area (Å²) in [5, 5.41) is 0. The number of hydrogen-bond donors (Lipinski definition) is 0. The van der Waals surface area contributed by atoms with Crippen LogP contribution in [-0.4, -0.2) is 31.5 Å². The van der Waals surface area contributed by atoms with Crippen molar-refractivity contribution in [1.29, 1.82) is 0 Å². The Hall–Kier alpha value is -2.29. The number of likely N-dealkylation sites (N-methyl/N-ethyl adjacent to an activating group) is 1. The van der Waals surface area contributed by atoms with Crippen molar-refractivity contribution in [1.82, 2.24) is 4.90 Å². The number of aryl methyl sites for hydroxylation is 1. The highest BCUT2D eigenvalue weighted by atomic mass is 16.5. The van der Waals surface area contributed by atoms with Crippen molar-refractivity contribution in [3.8, 4) is 5.75 Å². The molecule has 0 aromatic heterocycles. The van der Waals surface area contributed by atoms with E-state index in [0.717, 1.165) is 28.9 Å². The van der Waals surface area contributed by atoms with Crippen molar-refractivity contribution in [2.24, 2.45) is 0 Å². The van der Waals surface area contributed by atoms with Gasteiger partial charge in [0.2, 0.25) is 0 Å². The second-order valence-corrected chi connectivity index (χ2v) is 5.16. The number of methoxy groups -OCH3 is 1. The molecule has 0 unspecified atom stereocenters. The first-order chi connectivity index (χ1) is 10.1. The fourth-order valence-electron chi connectivity index (χ4n) is 2.30. The van der Waals surface area contributed by atoms with Crippen LogP contribution in [0.2, 0.25) is 0 Å². The topological polar surface area (TPSA) is 29.5 Å². The van der Waals surface area contributed by atoms with Gasteiger partial charge in [-0.25, -0.2) is 0 Å². The molecular formula is C18H21NO2. The van der Waals surface area contributed by atoms with Crippen LogP contribution >= 0.6 is 0 Å². The van der Waals surface area contributed by atoms with Crippen LogP contribution in [0.5, 0.6) is 5.75 Å². The van der Waals surface area contributed by atoms with Gasteiger partial charge in [0.1, 0.15) is 5.75 Å². The first-order valence-corrected chi connectivity index (χ1v) is 7.06. The summed E-state index contributed by atoms with van der Waals surface area (Å²) in [4.78, 5) is 14.1. The van der Waals surface area contributed by atoms with E-state index in [2.05, 4.69) is 0 Å². The maximum Gasteiger partial charge on any atom is 0.253 e. The highest BCUT2D eigenvalue weighted by molar-refractivity contribution is 5.94. The van der Waals surface area contributed by atoms with E-state index in [9.17, 15) is 4.79 Å². The Morgan fingerprint density at radius 3 is 2.62 bits per heavy atom. The fraction of sp³-hybridized carbons (Fsp3) is 0.278. The lowest BCUT2D eigenvalue weighted by atomic mass is 10.1. The van der Waals surface area contributed by atoms with E-state index >= 15 is 0 Å². The molecule has 110 valence electrons. The van der Waals surface area contributed by atoms with Gasteiger partial charge in [-0.15, -0.1) is 0 Å². The quantitative estimate of drug-likeness (QED) is 0.842. The minimum absolute atomic E-state index is 0.0496. The van der Waals surface area contributed by atoms with Crippen molar-refractivity contribution in [3.63, 3.8) is 0 Å². The second-order valence-electron chi connectivity index (χ2n) is 5.16. The Morgan fingerprint density at radius 2 is 1.90 bits per heavy atom. The predicted molar refractivity (Wildman–Crippen MR) is 84.8 cm³/mol. The lowest BCUT2D eigenvalue weighted by Gasteiger charge is -2.18. The standard InChI is InChI=1S/C18H21NO2/c1-14-7-6-9-16(13-14)18(20)19(2)12-11-15-8-4-5-10-17(15)21-3/h4-10,13H,11-12H2,1-3H3. The van der Waals surface area contributed by atoms with Gasteiger partial charge in [0.05, 0.1) is 7.11 Å². The molecule has 2 aromatic carbocycles. The first kappa shape index (κ1) is 15.1. The highest BCUT2D eigenvalue weighted by Gasteiger charge is 2.12. The summed E-state index contributed by atoms with van der Waals surface area (Å²) in [7, 11) is 3.50. The number of para-hydroxylation sites is 1. The van der Waals surface area contributed by atoms with Crippen LogP contribution in [0, 0.1) is 6.92 Å². The summed E-state index contributed by atoms with van der Waals surface area (Å²) in [6.07, 6.45) is 0.776. The molecule has 0 saturated carbocycles. The number of carbonyl (C=O) groups is 1. The zero-order chi connectivity index (χ0) is 15.2.